The Labute approximate surface area is 139 Å². The number of sulfonamides is 1. The first-order valence-corrected chi connectivity index (χ1v) is 9.51. The fourth-order valence-corrected chi connectivity index (χ4v) is 5.74. The van der Waals surface area contributed by atoms with Crippen molar-refractivity contribution in [3.63, 3.8) is 0 Å². The minimum absolute atomic E-state index is 0.288. The maximum atomic E-state index is 12.8. The van der Waals surface area contributed by atoms with E-state index in [1.54, 1.807) is 30.1 Å². The van der Waals surface area contributed by atoms with Crippen LogP contribution in [0.3, 0.4) is 0 Å². The maximum absolute atomic E-state index is 12.8. The molecular weight excluding hydrogens is 336 g/mol. The van der Waals surface area contributed by atoms with E-state index in [1.807, 2.05) is 6.92 Å². The summed E-state index contributed by atoms with van der Waals surface area (Å²) in [5, 5.41) is 6.72. The third-order valence-electron chi connectivity index (χ3n) is 3.76. The van der Waals surface area contributed by atoms with Crippen LogP contribution in [0.4, 0.5) is 5.69 Å². The molecule has 1 atom stereocenters. The summed E-state index contributed by atoms with van der Waals surface area (Å²) >= 11 is 1.23. The van der Waals surface area contributed by atoms with Gasteiger partial charge in [-0.25, -0.2) is 8.42 Å². The minimum atomic E-state index is -3.63. The zero-order valence-corrected chi connectivity index (χ0v) is 14.5. The molecule has 1 fully saturated rings. The summed E-state index contributed by atoms with van der Waals surface area (Å²) in [6.07, 6.45) is 4.41. The smallest absolute Gasteiger partial charge is 0.253 e. The van der Waals surface area contributed by atoms with E-state index in [-0.39, 0.29) is 10.1 Å². The molecule has 1 amide bonds. The summed E-state index contributed by atoms with van der Waals surface area (Å²) in [6.45, 7) is 2.23. The fourth-order valence-electron chi connectivity index (χ4n) is 2.67. The number of carbonyl (C=O) groups is 1. The first-order chi connectivity index (χ1) is 10.9. The second-order valence-electron chi connectivity index (χ2n) is 5.53. The van der Waals surface area contributed by atoms with Crippen molar-refractivity contribution >= 4 is 33.0 Å². The van der Waals surface area contributed by atoms with E-state index in [1.165, 1.54) is 21.8 Å². The van der Waals surface area contributed by atoms with Crippen LogP contribution in [-0.4, -0.2) is 41.0 Å². The minimum Gasteiger partial charge on any atom is -0.322 e. The Bertz CT molecular complexity index is 825. The number of amides is 1. The van der Waals surface area contributed by atoms with Crippen LogP contribution in [0.15, 0.2) is 28.7 Å². The van der Waals surface area contributed by atoms with Crippen molar-refractivity contribution in [2.24, 2.45) is 7.05 Å². The van der Waals surface area contributed by atoms with Crippen molar-refractivity contribution in [1.82, 2.24) is 14.1 Å². The van der Waals surface area contributed by atoms with Crippen LogP contribution in [0.5, 0.6) is 0 Å². The van der Waals surface area contributed by atoms with Crippen molar-refractivity contribution in [3.8, 4) is 0 Å². The van der Waals surface area contributed by atoms with E-state index in [2.05, 4.69) is 10.4 Å². The van der Waals surface area contributed by atoms with Crippen LogP contribution in [0.1, 0.15) is 17.7 Å². The Morgan fingerprint density at radius 2 is 2.22 bits per heavy atom. The molecule has 2 aromatic heterocycles. The Morgan fingerprint density at radius 3 is 2.83 bits per heavy atom. The monoisotopic (exact) mass is 354 g/mol. The topological polar surface area (TPSA) is 84.3 Å². The molecule has 0 aliphatic carbocycles. The zero-order valence-electron chi connectivity index (χ0n) is 12.9. The molecule has 0 bridgehead atoms. The fraction of sp³-hybridized carbons (Fsp3) is 0.429. The number of rotatable bonds is 4. The number of anilines is 1. The van der Waals surface area contributed by atoms with Crippen LogP contribution in [0, 0.1) is 6.92 Å². The number of nitrogens with zero attached hydrogens (tertiary/aromatic N) is 3. The van der Waals surface area contributed by atoms with Crippen LogP contribution in [0.25, 0.3) is 0 Å². The van der Waals surface area contributed by atoms with Gasteiger partial charge in [0.1, 0.15) is 10.3 Å². The standard InChI is InChI=1S/C14H18N4O3S2/c1-10-5-6-13(22-10)23(20,21)18-7-3-4-12(18)14(19)16-11-8-15-17(2)9-11/h5-6,8-9,12H,3-4,7H2,1-2H3,(H,16,19). The number of aryl methyl sites for hydroxylation is 2. The van der Waals surface area contributed by atoms with Crippen LogP contribution >= 0.6 is 11.3 Å². The highest BCUT2D eigenvalue weighted by Gasteiger charge is 2.40. The summed E-state index contributed by atoms with van der Waals surface area (Å²) in [6, 6.07) is 2.70. The van der Waals surface area contributed by atoms with Crippen LogP contribution < -0.4 is 5.32 Å². The first kappa shape index (κ1) is 16.2. The molecule has 1 N–H and O–H groups in total. The molecule has 1 unspecified atom stereocenters. The molecule has 0 aromatic carbocycles. The Kier molecular flexibility index (Phi) is 4.26. The number of hydrogen-bond donors (Lipinski definition) is 1. The largest absolute Gasteiger partial charge is 0.322 e. The molecule has 3 heterocycles. The predicted molar refractivity (Wildman–Crippen MR) is 87.8 cm³/mol. The number of nitrogens with one attached hydrogen (secondary N) is 1. The number of hydrogen-bond acceptors (Lipinski definition) is 5. The number of carbonyl (C=O) groups excluding carboxylic acids is 1. The van der Waals surface area contributed by atoms with Crippen molar-refractivity contribution in [1.29, 1.82) is 0 Å². The van der Waals surface area contributed by atoms with Crippen LogP contribution in [0.2, 0.25) is 0 Å². The van der Waals surface area contributed by atoms with Gasteiger partial charge in [-0.05, 0) is 31.9 Å². The molecule has 2 aromatic rings. The zero-order chi connectivity index (χ0) is 16.6. The molecule has 1 aliphatic heterocycles. The summed E-state index contributed by atoms with van der Waals surface area (Å²) in [5.41, 5.74) is 0.564. The van der Waals surface area contributed by atoms with E-state index >= 15 is 0 Å². The lowest BCUT2D eigenvalue weighted by Crippen LogP contribution is -2.42. The summed E-state index contributed by atoms with van der Waals surface area (Å²) in [5.74, 6) is -0.313. The van der Waals surface area contributed by atoms with E-state index in [9.17, 15) is 13.2 Å². The van der Waals surface area contributed by atoms with Crippen molar-refractivity contribution in [3.05, 3.63) is 29.4 Å². The maximum Gasteiger partial charge on any atom is 0.253 e. The molecular formula is C14H18N4O3S2. The molecule has 0 spiro atoms. The molecule has 7 nitrogen and oxygen atoms in total. The molecule has 0 radical (unpaired) electrons. The SMILES string of the molecule is Cc1ccc(S(=O)(=O)N2CCCC2C(=O)Nc2cnn(C)c2)s1. The van der Waals surface area contributed by atoms with Gasteiger partial charge in [0.2, 0.25) is 5.91 Å². The molecule has 124 valence electrons. The molecule has 0 saturated carbocycles. The van der Waals surface area contributed by atoms with Crippen molar-refractivity contribution < 1.29 is 13.2 Å². The highest BCUT2D eigenvalue weighted by Crippen LogP contribution is 2.30. The average Bonchev–Trinajstić information content (AvgIpc) is 3.19. The van der Waals surface area contributed by atoms with Gasteiger partial charge in [-0.2, -0.15) is 9.40 Å². The van der Waals surface area contributed by atoms with Gasteiger partial charge in [0.15, 0.2) is 0 Å². The van der Waals surface area contributed by atoms with E-state index in [0.717, 1.165) is 4.88 Å². The normalized spacial score (nSPS) is 19.1. The highest BCUT2D eigenvalue weighted by molar-refractivity contribution is 7.91. The Balaban J connectivity index is 1.81. The average molecular weight is 354 g/mol. The van der Waals surface area contributed by atoms with Gasteiger partial charge in [0, 0.05) is 24.7 Å². The van der Waals surface area contributed by atoms with E-state index in [4.69, 9.17) is 0 Å². The predicted octanol–water partition coefficient (Wildman–Crippen LogP) is 1.58. The number of aromatic nitrogens is 2. The Morgan fingerprint density at radius 1 is 1.43 bits per heavy atom. The lowest BCUT2D eigenvalue weighted by Gasteiger charge is -2.22. The van der Waals surface area contributed by atoms with Crippen LogP contribution in [-0.2, 0) is 21.9 Å². The molecule has 3 rings (SSSR count). The van der Waals surface area contributed by atoms with Gasteiger partial charge < -0.3 is 5.32 Å². The lowest BCUT2D eigenvalue weighted by atomic mass is 10.2. The van der Waals surface area contributed by atoms with E-state index in [0.29, 0.717) is 25.1 Å². The second kappa shape index (κ2) is 6.06. The second-order valence-corrected chi connectivity index (χ2v) is 8.94. The van der Waals surface area contributed by atoms with Crippen molar-refractivity contribution in [2.75, 3.05) is 11.9 Å². The summed E-state index contributed by atoms with van der Waals surface area (Å²) < 4.78 is 28.7. The summed E-state index contributed by atoms with van der Waals surface area (Å²) in [4.78, 5) is 13.4. The van der Waals surface area contributed by atoms with Gasteiger partial charge in [-0.1, -0.05) is 0 Å². The highest BCUT2D eigenvalue weighted by atomic mass is 32.2. The molecule has 1 saturated heterocycles. The van der Waals surface area contributed by atoms with Gasteiger partial charge in [0.05, 0.1) is 11.9 Å². The molecule has 1 aliphatic rings. The Hall–Kier alpha value is -1.71. The lowest BCUT2D eigenvalue weighted by molar-refractivity contribution is -0.119. The third-order valence-corrected chi connectivity index (χ3v) is 7.13. The third kappa shape index (κ3) is 3.17. The molecule has 9 heteroatoms. The quantitative estimate of drug-likeness (QED) is 0.903. The van der Waals surface area contributed by atoms with Gasteiger partial charge >= 0.3 is 0 Å². The number of thiophene rings is 1. The van der Waals surface area contributed by atoms with Gasteiger partial charge in [-0.3, -0.25) is 9.48 Å². The van der Waals surface area contributed by atoms with Gasteiger partial charge in [-0.15, -0.1) is 11.3 Å². The van der Waals surface area contributed by atoms with Gasteiger partial charge in [0.25, 0.3) is 10.0 Å². The summed E-state index contributed by atoms with van der Waals surface area (Å²) in [7, 11) is -1.88. The van der Waals surface area contributed by atoms with Crippen molar-refractivity contribution in [2.45, 2.75) is 30.0 Å². The molecule has 23 heavy (non-hydrogen) atoms. The first-order valence-electron chi connectivity index (χ1n) is 7.26. The van der Waals surface area contributed by atoms with E-state index < -0.39 is 16.1 Å².